The summed E-state index contributed by atoms with van der Waals surface area (Å²) in [5.74, 6) is -0.195. The number of carbonyl (C=O) groups excluding carboxylic acids is 1. The summed E-state index contributed by atoms with van der Waals surface area (Å²) in [6, 6.07) is 3.54. The van der Waals surface area contributed by atoms with E-state index in [2.05, 4.69) is 36.9 Å². The maximum Gasteiger partial charge on any atom is 0.341 e. The van der Waals surface area contributed by atoms with Crippen molar-refractivity contribution in [1.29, 1.82) is 0 Å². The number of carbonyl (C=O) groups is 1. The van der Waals surface area contributed by atoms with Gasteiger partial charge in [-0.1, -0.05) is 15.9 Å². The van der Waals surface area contributed by atoms with Crippen molar-refractivity contribution in [2.75, 3.05) is 6.61 Å². The number of nitrogens with zero attached hydrogens (tertiary/aromatic N) is 1. The van der Waals surface area contributed by atoms with E-state index in [1.165, 1.54) is 4.88 Å². The van der Waals surface area contributed by atoms with Gasteiger partial charge in [0.25, 0.3) is 0 Å². The highest BCUT2D eigenvalue weighted by Crippen LogP contribution is 2.40. The van der Waals surface area contributed by atoms with Crippen molar-refractivity contribution in [3.05, 3.63) is 42.6 Å². The van der Waals surface area contributed by atoms with E-state index in [0.29, 0.717) is 27.2 Å². The van der Waals surface area contributed by atoms with Gasteiger partial charge in [0.15, 0.2) is 0 Å². The molecule has 0 aliphatic heterocycles. The van der Waals surface area contributed by atoms with Gasteiger partial charge < -0.3 is 9.84 Å². The molecule has 1 N–H and O–H groups in total. The third kappa shape index (κ3) is 3.99. The lowest BCUT2D eigenvalue weighted by molar-refractivity contribution is 0.0526. The number of thiophene rings is 1. The molecule has 0 amide bonds. The molecule has 7 heteroatoms. The first-order valence-corrected chi connectivity index (χ1v) is 10.4. The van der Waals surface area contributed by atoms with Crippen molar-refractivity contribution in [2.45, 2.75) is 32.6 Å². The highest BCUT2D eigenvalue weighted by Gasteiger charge is 2.26. The normalized spacial score (nSPS) is 13.9. The summed E-state index contributed by atoms with van der Waals surface area (Å²) < 4.78 is 6.65. The Kier molecular flexibility index (Phi) is 5.96. The van der Waals surface area contributed by atoms with Crippen molar-refractivity contribution in [2.24, 2.45) is 4.99 Å². The van der Waals surface area contributed by atoms with Crippen molar-refractivity contribution in [3.63, 3.8) is 0 Å². The Morgan fingerprint density at radius 2 is 2.12 bits per heavy atom. The molecule has 1 aromatic carbocycles. The van der Waals surface area contributed by atoms with Gasteiger partial charge in [0.1, 0.15) is 10.8 Å². The molecule has 1 aliphatic carbocycles. The monoisotopic (exact) mass is 485 g/mol. The molecule has 0 bridgehead atoms. The molecule has 0 fully saturated rings. The van der Waals surface area contributed by atoms with Gasteiger partial charge in [-0.15, -0.1) is 11.3 Å². The molecule has 0 saturated carbocycles. The van der Waals surface area contributed by atoms with Crippen LogP contribution in [0.3, 0.4) is 0 Å². The highest BCUT2D eigenvalue weighted by molar-refractivity contribution is 9.11. The Labute approximate surface area is 167 Å². The molecule has 3 rings (SSSR count). The zero-order valence-electron chi connectivity index (χ0n) is 13.6. The number of halogens is 2. The van der Waals surface area contributed by atoms with E-state index in [9.17, 15) is 9.90 Å². The van der Waals surface area contributed by atoms with Gasteiger partial charge >= 0.3 is 5.97 Å². The minimum absolute atomic E-state index is 0.117. The fourth-order valence-electron chi connectivity index (χ4n) is 2.87. The van der Waals surface area contributed by atoms with E-state index in [1.807, 2.05) is 0 Å². The first-order chi connectivity index (χ1) is 12.0. The number of aliphatic imine (C=N–C) groups is 1. The second kappa shape index (κ2) is 8.01. The number of ether oxygens (including phenoxy) is 1. The smallest absolute Gasteiger partial charge is 0.341 e. The van der Waals surface area contributed by atoms with E-state index < -0.39 is 0 Å². The number of aryl methyl sites for hydroxylation is 1. The fraction of sp³-hybridized carbons (Fsp3) is 0.333. The van der Waals surface area contributed by atoms with Crippen molar-refractivity contribution in [3.8, 4) is 5.75 Å². The van der Waals surface area contributed by atoms with Crippen LogP contribution in [0, 0.1) is 0 Å². The lowest BCUT2D eigenvalue weighted by Gasteiger charge is -2.11. The Bertz CT molecular complexity index is 845. The maximum absolute atomic E-state index is 12.4. The lowest BCUT2D eigenvalue weighted by Crippen LogP contribution is -2.09. The number of phenolic OH excluding ortho intramolecular Hbond substituents is 1. The summed E-state index contributed by atoms with van der Waals surface area (Å²) in [7, 11) is 0. The van der Waals surface area contributed by atoms with Crippen molar-refractivity contribution < 1.29 is 14.6 Å². The number of hydrogen-bond acceptors (Lipinski definition) is 5. The van der Waals surface area contributed by atoms with Gasteiger partial charge in [0, 0.05) is 21.1 Å². The molecule has 0 unspecified atom stereocenters. The zero-order chi connectivity index (χ0) is 18.0. The van der Waals surface area contributed by atoms with Gasteiger partial charge in [-0.2, -0.15) is 0 Å². The number of esters is 1. The van der Waals surface area contributed by atoms with E-state index >= 15 is 0 Å². The number of benzene rings is 1. The molecule has 0 atom stereocenters. The van der Waals surface area contributed by atoms with Crippen molar-refractivity contribution >= 4 is 60.4 Å². The number of fused-ring (bicyclic) bond motifs is 1. The summed E-state index contributed by atoms with van der Waals surface area (Å²) in [5.41, 5.74) is 2.25. The molecule has 132 valence electrons. The molecule has 1 heterocycles. The van der Waals surface area contributed by atoms with Crippen LogP contribution in [0.25, 0.3) is 0 Å². The molecule has 0 saturated heterocycles. The van der Waals surface area contributed by atoms with Gasteiger partial charge in [0.2, 0.25) is 0 Å². The van der Waals surface area contributed by atoms with Crippen LogP contribution in [0.15, 0.2) is 26.1 Å². The third-order valence-corrected chi connectivity index (χ3v) is 6.27. The first-order valence-electron chi connectivity index (χ1n) is 8.05. The molecule has 1 aliphatic rings. The number of rotatable bonds is 4. The minimum Gasteiger partial charge on any atom is -0.506 e. The van der Waals surface area contributed by atoms with Gasteiger partial charge in [-0.3, -0.25) is 0 Å². The first kappa shape index (κ1) is 18.6. The molecule has 2 aromatic rings. The average Bonchev–Trinajstić information content (AvgIpc) is 2.95. The third-order valence-electron chi connectivity index (χ3n) is 4.01. The standard InChI is InChI=1S/C18H17Br2NO3S/c1-2-24-18(23)15-12-5-3-4-6-14(12)25-17(15)21-9-10-7-11(19)8-13(20)16(10)22/h7-9,22H,2-6H2,1H3. The quantitative estimate of drug-likeness (QED) is 0.439. The van der Waals surface area contributed by atoms with E-state index in [-0.39, 0.29) is 11.7 Å². The molecular formula is C18H17Br2NO3S. The van der Waals surface area contributed by atoms with Crippen LogP contribution in [0.4, 0.5) is 5.00 Å². The number of phenols is 1. The zero-order valence-corrected chi connectivity index (χ0v) is 17.6. The van der Waals surface area contributed by atoms with Crippen LogP contribution in [0.1, 0.15) is 46.1 Å². The predicted molar refractivity (Wildman–Crippen MR) is 108 cm³/mol. The summed E-state index contributed by atoms with van der Waals surface area (Å²) in [6.45, 7) is 2.14. The molecule has 0 spiro atoms. The summed E-state index contributed by atoms with van der Waals surface area (Å²) in [5, 5.41) is 10.8. The van der Waals surface area contributed by atoms with Crippen LogP contribution in [0.2, 0.25) is 0 Å². The Hall–Kier alpha value is -1.18. The summed E-state index contributed by atoms with van der Waals surface area (Å²) >= 11 is 8.26. The number of aromatic hydroxyl groups is 1. The van der Waals surface area contributed by atoms with Gasteiger partial charge in [-0.05, 0) is 66.2 Å². The van der Waals surface area contributed by atoms with Crippen LogP contribution < -0.4 is 0 Å². The lowest BCUT2D eigenvalue weighted by atomic mass is 9.95. The second-order valence-corrected chi connectivity index (χ2v) is 8.55. The highest BCUT2D eigenvalue weighted by atomic mass is 79.9. The van der Waals surface area contributed by atoms with E-state index in [4.69, 9.17) is 4.74 Å². The van der Waals surface area contributed by atoms with Crippen LogP contribution >= 0.6 is 43.2 Å². The average molecular weight is 487 g/mol. The molecule has 0 radical (unpaired) electrons. The van der Waals surface area contributed by atoms with Crippen LogP contribution in [-0.2, 0) is 17.6 Å². The van der Waals surface area contributed by atoms with Crippen molar-refractivity contribution in [1.82, 2.24) is 0 Å². The molecule has 25 heavy (non-hydrogen) atoms. The number of hydrogen-bond donors (Lipinski definition) is 1. The minimum atomic E-state index is -0.311. The fourth-order valence-corrected chi connectivity index (χ4v) is 5.35. The molecule has 1 aromatic heterocycles. The SMILES string of the molecule is CCOC(=O)c1c(N=Cc2cc(Br)cc(Br)c2O)sc2c1CCCC2. The molecule has 4 nitrogen and oxygen atoms in total. The van der Waals surface area contributed by atoms with Gasteiger partial charge in [-0.25, -0.2) is 9.79 Å². The van der Waals surface area contributed by atoms with E-state index in [1.54, 1.807) is 36.6 Å². The second-order valence-electron chi connectivity index (χ2n) is 5.70. The maximum atomic E-state index is 12.4. The van der Waals surface area contributed by atoms with E-state index in [0.717, 1.165) is 35.7 Å². The molecular weight excluding hydrogens is 470 g/mol. The van der Waals surface area contributed by atoms with Gasteiger partial charge in [0.05, 0.1) is 16.6 Å². The topological polar surface area (TPSA) is 58.9 Å². The summed E-state index contributed by atoms with van der Waals surface area (Å²) in [4.78, 5) is 18.2. The van der Waals surface area contributed by atoms with Crippen LogP contribution in [0.5, 0.6) is 5.75 Å². The Morgan fingerprint density at radius 1 is 1.36 bits per heavy atom. The Balaban J connectivity index is 2.02. The predicted octanol–water partition coefficient (Wildman–Crippen LogP) is 5.78. The largest absolute Gasteiger partial charge is 0.506 e. The van der Waals surface area contributed by atoms with Crippen LogP contribution in [-0.4, -0.2) is 23.9 Å². The summed E-state index contributed by atoms with van der Waals surface area (Å²) in [6.07, 6.45) is 5.68. The Morgan fingerprint density at radius 3 is 2.88 bits per heavy atom.